The third-order valence-electron chi connectivity index (χ3n) is 5.79. The zero-order valence-electron chi connectivity index (χ0n) is 16.9. The molecule has 1 aliphatic heterocycles. The van der Waals surface area contributed by atoms with Gasteiger partial charge < -0.3 is 9.88 Å². The van der Waals surface area contributed by atoms with Gasteiger partial charge in [-0.25, -0.2) is 4.98 Å². The van der Waals surface area contributed by atoms with E-state index in [1.165, 1.54) is 16.9 Å². The number of benzene rings is 2. The molecule has 1 aliphatic rings. The number of hydrogen-bond acceptors (Lipinski definition) is 5. The predicted octanol–water partition coefficient (Wildman–Crippen LogP) is 3.83. The van der Waals surface area contributed by atoms with E-state index in [2.05, 4.69) is 33.2 Å². The third kappa shape index (κ3) is 3.11. The van der Waals surface area contributed by atoms with Crippen molar-refractivity contribution in [1.29, 1.82) is 0 Å². The summed E-state index contributed by atoms with van der Waals surface area (Å²) in [5, 5.41) is 7.39. The molecule has 0 unspecified atom stereocenters. The third-order valence-corrected chi connectivity index (χ3v) is 6.72. The fourth-order valence-corrected chi connectivity index (χ4v) is 5.09. The largest absolute Gasteiger partial charge is 0.343 e. The number of aromatic nitrogens is 2. The number of nitrogens with one attached hydrogen (secondary N) is 2. The number of Topliss-reactive ketones (excluding diaryl/α,β-unsaturated/α-hetero) is 1. The Labute approximate surface area is 177 Å². The average molecular weight is 419 g/mol. The highest BCUT2D eigenvalue weighted by Gasteiger charge is 2.28. The van der Waals surface area contributed by atoms with Crippen LogP contribution in [0.5, 0.6) is 0 Å². The Morgan fingerprint density at radius 2 is 1.93 bits per heavy atom. The van der Waals surface area contributed by atoms with Crippen molar-refractivity contribution in [2.24, 2.45) is 0 Å². The minimum Gasteiger partial charge on any atom is -0.343 e. The molecule has 4 aromatic rings. The lowest BCUT2D eigenvalue weighted by Crippen LogP contribution is -2.24. The average Bonchev–Trinajstić information content (AvgIpc) is 3.14. The van der Waals surface area contributed by atoms with Crippen LogP contribution in [0, 0.1) is 13.8 Å². The number of hydrogen-bond donors (Lipinski definition) is 2. The van der Waals surface area contributed by atoms with Gasteiger partial charge in [-0.05, 0) is 43.2 Å². The Bertz CT molecular complexity index is 1280. The molecular weight excluding hydrogens is 396 g/mol. The standard InChI is InChI=1S/C23H22N4O2S/c1-13-11-16-19(12-14(13)2)30-23(25-16)26-22(29)21(28)20-15-5-3-4-6-17(15)27-10-9-24-8-7-18(20)27/h3-6,11-12,24H,7-10H2,1-2H3,(H,25,26,29). The smallest absolute Gasteiger partial charge is 0.298 e. The fourth-order valence-electron chi connectivity index (χ4n) is 4.15. The summed E-state index contributed by atoms with van der Waals surface area (Å²) in [6.07, 6.45) is 0.711. The second-order valence-corrected chi connectivity index (χ2v) is 8.73. The van der Waals surface area contributed by atoms with Crippen molar-refractivity contribution in [3.8, 4) is 0 Å². The number of aryl methyl sites for hydroxylation is 2. The van der Waals surface area contributed by atoms with Gasteiger partial charge in [0.05, 0.1) is 15.8 Å². The van der Waals surface area contributed by atoms with Crippen molar-refractivity contribution in [2.45, 2.75) is 26.8 Å². The Morgan fingerprint density at radius 3 is 2.80 bits per heavy atom. The molecule has 2 N–H and O–H groups in total. The highest BCUT2D eigenvalue weighted by molar-refractivity contribution is 7.22. The second-order valence-electron chi connectivity index (χ2n) is 7.70. The zero-order chi connectivity index (χ0) is 20.8. The van der Waals surface area contributed by atoms with Crippen LogP contribution in [0.15, 0.2) is 36.4 Å². The van der Waals surface area contributed by atoms with E-state index >= 15 is 0 Å². The molecule has 5 rings (SSSR count). The van der Waals surface area contributed by atoms with Crippen LogP contribution in [0.25, 0.3) is 21.1 Å². The number of carbonyl (C=O) groups excluding carboxylic acids is 2. The first-order chi connectivity index (χ1) is 14.5. The molecule has 0 atom stereocenters. The van der Waals surface area contributed by atoms with E-state index in [4.69, 9.17) is 0 Å². The van der Waals surface area contributed by atoms with Crippen LogP contribution in [0.3, 0.4) is 0 Å². The van der Waals surface area contributed by atoms with Crippen LogP contribution < -0.4 is 10.6 Å². The summed E-state index contributed by atoms with van der Waals surface area (Å²) in [6, 6.07) is 11.9. The summed E-state index contributed by atoms with van der Waals surface area (Å²) in [6.45, 7) is 6.50. The van der Waals surface area contributed by atoms with E-state index in [9.17, 15) is 9.59 Å². The molecule has 0 saturated carbocycles. The van der Waals surface area contributed by atoms with Gasteiger partial charge >= 0.3 is 0 Å². The zero-order valence-corrected chi connectivity index (χ0v) is 17.7. The normalized spacial score (nSPS) is 13.9. The van der Waals surface area contributed by atoms with Crippen molar-refractivity contribution in [2.75, 3.05) is 18.4 Å². The summed E-state index contributed by atoms with van der Waals surface area (Å²) in [7, 11) is 0. The van der Waals surface area contributed by atoms with Crippen LogP contribution in [0.4, 0.5) is 5.13 Å². The molecule has 0 aliphatic carbocycles. The molecule has 2 aromatic heterocycles. The van der Waals surface area contributed by atoms with Crippen molar-refractivity contribution < 1.29 is 9.59 Å². The van der Waals surface area contributed by atoms with Gasteiger partial charge in [0.1, 0.15) is 0 Å². The lowest BCUT2D eigenvalue weighted by molar-refractivity contribution is -0.112. The van der Waals surface area contributed by atoms with Gasteiger partial charge in [-0.1, -0.05) is 29.5 Å². The lowest BCUT2D eigenvalue weighted by atomic mass is 10.0. The molecule has 0 bridgehead atoms. The summed E-state index contributed by atoms with van der Waals surface area (Å²) >= 11 is 1.39. The van der Waals surface area contributed by atoms with E-state index < -0.39 is 11.7 Å². The number of fused-ring (bicyclic) bond motifs is 4. The number of carbonyl (C=O) groups is 2. The molecule has 152 valence electrons. The Balaban J connectivity index is 1.51. The van der Waals surface area contributed by atoms with Crippen molar-refractivity contribution in [1.82, 2.24) is 14.9 Å². The van der Waals surface area contributed by atoms with E-state index in [1.807, 2.05) is 37.3 Å². The van der Waals surface area contributed by atoms with Gasteiger partial charge in [0, 0.05) is 42.7 Å². The van der Waals surface area contributed by atoms with Gasteiger partial charge in [0.2, 0.25) is 0 Å². The molecule has 30 heavy (non-hydrogen) atoms. The van der Waals surface area contributed by atoms with Crippen molar-refractivity contribution in [3.05, 3.63) is 58.8 Å². The molecular formula is C23H22N4O2S. The Morgan fingerprint density at radius 1 is 1.13 bits per heavy atom. The van der Waals surface area contributed by atoms with Crippen LogP contribution in [-0.4, -0.2) is 34.3 Å². The van der Waals surface area contributed by atoms with Crippen LogP contribution >= 0.6 is 11.3 Å². The molecule has 0 saturated heterocycles. The highest BCUT2D eigenvalue weighted by atomic mass is 32.1. The van der Waals surface area contributed by atoms with Crippen molar-refractivity contribution in [3.63, 3.8) is 0 Å². The summed E-state index contributed by atoms with van der Waals surface area (Å²) in [5.41, 5.74) is 5.60. The number of anilines is 1. The minimum atomic E-state index is -0.640. The number of nitrogens with zero attached hydrogens (tertiary/aromatic N) is 2. The van der Waals surface area contributed by atoms with Gasteiger partial charge in [-0.15, -0.1) is 0 Å². The first-order valence-electron chi connectivity index (χ1n) is 10.1. The molecule has 2 aromatic carbocycles. The quantitative estimate of drug-likeness (QED) is 0.392. The van der Waals surface area contributed by atoms with E-state index in [0.717, 1.165) is 52.0 Å². The van der Waals surface area contributed by atoms with Crippen LogP contribution in [0.1, 0.15) is 27.2 Å². The Kier molecular flexibility index (Phi) is 4.64. The number of ketones is 1. The monoisotopic (exact) mass is 418 g/mol. The summed E-state index contributed by atoms with van der Waals surface area (Å²) in [5.74, 6) is -1.15. The first-order valence-corrected chi connectivity index (χ1v) is 10.9. The SMILES string of the molecule is Cc1cc2nc(NC(=O)C(=O)c3c4n(c5ccccc35)CCNCC4)sc2cc1C. The molecule has 0 fully saturated rings. The maximum absolute atomic E-state index is 13.3. The second kappa shape index (κ2) is 7.34. The van der Waals surface area contributed by atoms with Gasteiger partial charge in [0.15, 0.2) is 5.13 Å². The number of thiazole rings is 1. The van der Waals surface area contributed by atoms with E-state index in [0.29, 0.717) is 17.1 Å². The van der Waals surface area contributed by atoms with E-state index in [1.54, 1.807) is 0 Å². The number of amides is 1. The molecule has 3 heterocycles. The van der Waals surface area contributed by atoms with Crippen molar-refractivity contribution >= 4 is 49.3 Å². The topological polar surface area (TPSA) is 76.0 Å². The highest BCUT2D eigenvalue weighted by Crippen LogP contribution is 2.30. The van der Waals surface area contributed by atoms with Crippen LogP contribution in [-0.2, 0) is 17.8 Å². The molecule has 7 heteroatoms. The maximum Gasteiger partial charge on any atom is 0.298 e. The molecule has 0 spiro atoms. The molecule has 1 amide bonds. The predicted molar refractivity (Wildman–Crippen MR) is 121 cm³/mol. The minimum absolute atomic E-state index is 0.449. The summed E-state index contributed by atoms with van der Waals surface area (Å²) in [4.78, 5) is 30.7. The van der Waals surface area contributed by atoms with Gasteiger partial charge in [0.25, 0.3) is 11.7 Å². The molecule has 0 radical (unpaired) electrons. The summed E-state index contributed by atoms with van der Waals surface area (Å²) < 4.78 is 3.16. The number of para-hydroxylation sites is 1. The lowest BCUT2D eigenvalue weighted by Gasteiger charge is -2.06. The first kappa shape index (κ1) is 19.0. The Hall–Kier alpha value is -3.03. The molecule has 6 nitrogen and oxygen atoms in total. The number of rotatable bonds is 3. The van der Waals surface area contributed by atoms with E-state index in [-0.39, 0.29) is 0 Å². The maximum atomic E-state index is 13.3. The fraction of sp³-hybridized carbons (Fsp3) is 0.261. The van der Waals surface area contributed by atoms with Gasteiger partial charge in [-0.2, -0.15) is 0 Å². The van der Waals surface area contributed by atoms with Crippen LogP contribution in [0.2, 0.25) is 0 Å². The van der Waals surface area contributed by atoms with Gasteiger partial charge in [-0.3, -0.25) is 14.9 Å².